The summed E-state index contributed by atoms with van der Waals surface area (Å²) in [5.74, 6) is 0.860. The van der Waals surface area contributed by atoms with Gasteiger partial charge in [-0.1, -0.05) is 27.3 Å². The molecule has 4 rings (SSSR count). The highest BCUT2D eigenvalue weighted by molar-refractivity contribution is 9.10. The molecule has 10 heteroatoms. The van der Waals surface area contributed by atoms with E-state index in [4.69, 9.17) is 9.47 Å². The molecular weight excluding hydrogens is 446 g/mol. The molecule has 2 aromatic carbocycles. The fraction of sp³-hybridized carbons (Fsp3) is 0.111. The summed E-state index contributed by atoms with van der Waals surface area (Å²) >= 11 is 4.76. The van der Waals surface area contributed by atoms with E-state index >= 15 is 0 Å². The molecule has 0 aliphatic carbocycles. The van der Waals surface area contributed by atoms with Crippen LogP contribution in [0.1, 0.15) is 0 Å². The van der Waals surface area contributed by atoms with Crippen LogP contribution >= 0.6 is 27.3 Å². The molecular formula is C18H14BrN5O3S. The van der Waals surface area contributed by atoms with Crippen LogP contribution in [0.5, 0.6) is 11.5 Å². The largest absolute Gasteiger partial charge is 0.495 e. The maximum absolute atomic E-state index is 12.3. The number of benzene rings is 2. The second-order valence-corrected chi connectivity index (χ2v) is 7.54. The Balaban J connectivity index is 1.50. The van der Waals surface area contributed by atoms with Crippen molar-refractivity contribution in [1.29, 1.82) is 0 Å². The van der Waals surface area contributed by atoms with E-state index in [1.807, 2.05) is 24.3 Å². The van der Waals surface area contributed by atoms with E-state index in [2.05, 4.69) is 36.5 Å². The Labute approximate surface area is 172 Å². The van der Waals surface area contributed by atoms with Crippen molar-refractivity contribution in [2.24, 2.45) is 0 Å². The highest BCUT2D eigenvalue weighted by atomic mass is 79.9. The van der Waals surface area contributed by atoms with Crippen molar-refractivity contribution in [2.75, 3.05) is 19.0 Å². The van der Waals surface area contributed by atoms with Crippen molar-refractivity contribution in [1.82, 2.24) is 19.8 Å². The van der Waals surface area contributed by atoms with E-state index in [-0.39, 0.29) is 12.5 Å². The number of nitrogens with zero attached hydrogens (tertiary/aromatic N) is 4. The van der Waals surface area contributed by atoms with Crippen molar-refractivity contribution in [3.63, 3.8) is 0 Å². The molecule has 0 saturated heterocycles. The van der Waals surface area contributed by atoms with Crippen LogP contribution in [-0.4, -0.2) is 39.4 Å². The van der Waals surface area contributed by atoms with E-state index in [0.29, 0.717) is 22.1 Å². The average molecular weight is 460 g/mol. The van der Waals surface area contributed by atoms with Crippen molar-refractivity contribution in [2.45, 2.75) is 0 Å². The van der Waals surface area contributed by atoms with Gasteiger partial charge in [0.2, 0.25) is 4.96 Å². The molecule has 0 unspecified atom stereocenters. The van der Waals surface area contributed by atoms with Crippen LogP contribution in [0.15, 0.2) is 53.3 Å². The van der Waals surface area contributed by atoms with Gasteiger partial charge in [0.05, 0.1) is 12.8 Å². The summed E-state index contributed by atoms with van der Waals surface area (Å²) in [5, 5.41) is 15.8. The molecule has 0 aliphatic rings. The van der Waals surface area contributed by atoms with Crippen molar-refractivity contribution in [3.05, 3.63) is 53.3 Å². The summed E-state index contributed by atoms with van der Waals surface area (Å²) in [6, 6.07) is 12.7. The Hall–Kier alpha value is -2.98. The minimum Gasteiger partial charge on any atom is -0.495 e. The molecule has 0 bridgehead atoms. The topological polar surface area (TPSA) is 90.6 Å². The van der Waals surface area contributed by atoms with Gasteiger partial charge in [0, 0.05) is 10.0 Å². The Morgan fingerprint density at radius 2 is 2.07 bits per heavy atom. The second-order valence-electron chi connectivity index (χ2n) is 5.67. The summed E-state index contributed by atoms with van der Waals surface area (Å²) in [6.45, 7) is -0.119. The third-order valence-corrected chi connectivity index (χ3v) is 5.28. The van der Waals surface area contributed by atoms with Gasteiger partial charge in [-0.3, -0.25) is 4.79 Å². The summed E-state index contributed by atoms with van der Waals surface area (Å²) in [5.41, 5.74) is 1.37. The molecule has 8 nitrogen and oxygen atoms in total. The Bertz CT molecular complexity index is 1100. The van der Waals surface area contributed by atoms with Gasteiger partial charge in [-0.05, 0) is 42.5 Å². The van der Waals surface area contributed by atoms with Crippen LogP contribution in [0.2, 0.25) is 0 Å². The monoisotopic (exact) mass is 459 g/mol. The quantitative estimate of drug-likeness (QED) is 0.473. The van der Waals surface area contributed by atoms with Gasteiger partial charge in [-0.15, -0.1) is 10.2 Å². The fourth-order valence-electron chi connectivity index (χ4n) is 2.48. The first kappa shape index (κ1) is 18.4. The molecule has 1 N–H and O–H groups in total. The lowest BCUT2D eigenvalue weighted by Crippen LogP contribution is -2.20. The molecule has 0 radical (unpaired) electrons. The van der Waals surface area contributed by atoms with Crippen molar-refractivity contribution >= 4 is 43.8 Å². The van der Waals surface area contributed by atoms with Gasteiger partial charge >= 0.3 is 0 Å². The van der Waals surface area contributed by atoms with Crippen LogP contribution in [0.25, 0.3) is 15.5 Å². The van der Waals surface area contributed by atoms with E-state index in [1.165, 1.54) is 11.3 Å². The lowest BCUT2D eigenvalue weighted by atomic mass is 10.2. The maximum Gasteiger partial charge on any atom is 0.262 e. The number of methoxy groups -OCH3 is 1. The number of halogens is 1. The molecule has 0 atom stereocenters. The van der Waals surface area contributed by atoms with Crippen LogP contribution in [-0.2, 0) is 4.79 Å². The van der Waals surface area contributed by atoms with Gasteiger partial charge in [-0.2, -0.15) is 9.61 Å². The first-order chi connectivity index (χ1) is 13.6. The fourth-order valence-corrected chi connectivity index (χ4v) is 3.56. The number of aromatic nitrogens is 4. The van der Waals surface area contributed by atoms with Gasteiger partial charge < -0.3 is 14.8 Å². The van der Waals surface area contributed by atoms with E-state index in [9.17, 15) is 4.79 Å². The number of anilines is 1. The van der Waals surface area contributed by atoms with E-state index in [1.54, 1.807) is 36.2 Å². The first-order valence-corrected chi connectivity index (χ1v) is 9.77. The Morgan fingerprint density at radius 3 is 2.82 bits per heavy atom. The summed E-state index contributed by atoms with van der Waals surface area (Å²) in [4.78, 5) is 13.0. The molecule has 0 fully saturated rings. The number of fused-ring (bicyclic) bond motifs is 1. The Morgan fingerprint density at radius 1 is 1.25 bits per heavy atom. The van der Waals surface area contributed by atoms with Crippen molar-refractivity contribution in [3.8, 4) is 22.1 Å². The van der Waals surface area contributed by atoms with Crippen molar-refractivity contribution < 1.29 is 14.3 Å². The number of hydrogen-bond donors (Lipinski definition) is 1. The molecule has 0 saturated carbocycles. The number of ether oxygens (including phenoxy) is 2. The molecule has 4 aromatic rings. The number of rotatable bonds is 6. The highest BCUT2D eigenvalue weighted by Crippen LogP contribution is 2.32. The normalized spacial score (nSPS) is 10.8. The Kier molecular flexibility index (Phi) is 5.22. The van der Waals surface area contributed by atoms with Crippen LogP contribution in [0, 0.1) is 0 Å². The molecule has 2 heterocycles. The number of amides is 1. The molecule has 142 valence electrons. The molecule has 28 heavy (non-hydrogen) atoms. The number of carbonyl (C=O) groups excluding carboxylic acids is 1. The lowest BCUT2D eigenvalue weighted by molar-refractivity contribution is -0.118. The standard InChI is InChI=1S/C18H14BrN5O3S/c1-26-15-7-2-11(17-23-24-10-20-22-18(24)28-17)8-14(15)21-16(25)9-27-13-5-3-12(19)4-6-13/h2-8,10H,9H2,1H3,(H,21,25). The van der Waals surface area contributed by atoms with Gasteiger partial charge in [0.25, 0.3) is 5.91 Å². The lowest BCUT2D eigenvalue weighted by Gasteiger charge is -2.12. The maximum atomic E-state index is 12.3. The summed E-state index contributed by atoms with van der Waals surface area (Å²) in [6.07, 6.45) is 1.54. The smallest absolute Gasteiger partial charge is 0.262 e. The highest BCUT2D eigenvalue weighted by Gasteiger charge is 2.13. The predicted molar refractivity (Wildman–Crippen MR) is 109 cm³/mol. The average Bonchev–Trinajstić information content (AvgIpc) is 3.30. The van der Waals surface area contributed by atoms with Gasteiger partial charge in [0.15, 0.2) is 6.61 Å². The number of hydrogen-bond acceptors (Lipinski definition) is 7. The zero-order valence-corrected chi connectivity index (χ0v) is 17.0. The van der Waals surface area contributed by atoms with E-state index < -0.39 is 0 Å². The predicted octanol–water partition coefficient (Wildman–Crippen LogP) is 3.64. The first-order valence-electron chi connectivity index (χ1n) is 8.16. The molecule has 2 aromatic heterocycles. The SMILES string of the molecule is COc1ccc(-c2nn3cnnc3s2)cc1NC(=O)COc1ccc(Br)cc1. The molecule has 0 spiro atoms. The molecule has 0 aliphatic heterocycles. The zero-order chi connectivity index (χ0) is 19.5. The molecule has 1 amide bonds. The number of carbonyl (C=O) groups is 1. The zero-order valence-electron chi connectivity index (χ0n) is 14.6. The number of nitrogens with one attached hydrogen (secondary N) is 1. The third-order valence-electron chi connectivity index (χ3n) is 3.79. The summed E-state index contributed by atoms with van der Waals surface area (Å²) in [7, 11) is 1.55. The van der Waals surface area contributed by atoms with Gasteiger partial charge in [-0.25, -0.2) is 0 Å². The van der Waals surface area contributed by atoms with E-state index in [0.717, 1.165) is 15.0 Å². The summed E-state index contributed by atoms with van der Waals surface area (Å²) < 4.78 is 13.4. The van der Waals surface area contributed by atoms with Crippen LogP contribution < -0.4 is 14.8 Å². The van der Waals surface area contributed by atoms with Crippen LogP contribution in [0.4, 0.5) is 5.69 Å². The third kappa shape index (κ3) is 3.97. The van der Waals surface area contributed by atoms with Crippen LogP contribution in [0.3, 0.4) is 0 Å². The minimum absolute atomic E-state index is 0.119. The van der Waals surface area contributed by atoms with Gasteiger partial charge in [0.1, 0.15) is 22.8 Å². The second kappa shape index (κ2) is 7.95. The minimum atomic E-state index is -0.295.